The summed E-state index contributed by atoms with van der Waals surface area (Å²) < 4.78 is 7.42. The van der Waals surface area contributed by atoms with Gasteiger partial charge in [0.1, 0.15) is 0 Å². The van der Waals surface area contributed by atoms with Crippen LogP contribution in [0.4, 0.5) is 10.5 Å². The highest BCUT2D eigenvalue weighted by Crippen LogP contribution is 2.38. The van der Waals surface area contributed by atoms with Crippen LogP contribution in [0.15, 0.2) is 36.8 Å². The predicted molar refractivity (Wildman–Crippen MR) is 89.0 cm³/mol. The lowest BCUT2D eigenvalue weighted by Crippen LogP contribution is -2.44. The molecule has 2 aromatic heterocycles. The van der Waals surface area contributed by atoms with Crippen molar-refractivity contribution in [1.82, 2.24) is 20.1 Å². The van der Waals surface area contributed by atoms with Crippen molar-refractivity contribution in [2.75, 3.05) is 11.9 Å². The molecule has 0 unspecified atom stereocenters. The Kier molecular flexibility index (Phi) is 4.17. The van der Waals surface area contributed by atoms with Crippen molar-refractivity contribution in [3.8, 4) is 5.82 Å². The SMILES string of the molecule is O=C(Nc1cnn(-c2ccccn2)c1)N[C@@H]1CCO[C@@H](C2CC2)C1. The average Bonchev–Trinajstić information content (AvgIpc) is 3.36. The van der Waals surface area contributed by atoms with Crippen LogP contribution in [0.25, 0.3) is 5.82 Å². The van der Waals surface area contributed by atoms with Gasteiger partial charge in [-0.25, -0.2) is 14.5 Å². The van der Waals surface area contributed by atoms with E-state index in [1.165, 1.54) is 12.8 Å². The normalized spacial score (nSPS) is 23.7. The number of aromatic nitrogens is 3. The maximum Gasteiger partial charge on any atom is 0.319 e. The third-order valence-corrected chi connectivity index (χ3v) is 4.52. The van der Waals surface area contributed by atoms with Crippen molar-refractivity contribution in [3.05, 3.63) is 36.8 Å². The smallest absolute Gasteiger partial charge is 0.319 e. The van der Waals surface area contributed by atoms with Crippen LogP contribution in [0.5, 0.6) is 0 Å². The molecule has 126 valence electrons. The van der Waals surface area contributed by atoms with E-state index < -0.39 is 0 Å². The molecule has 24 heavy (non-hydrogen) atoms. The molecular weight excluding hydrogens is 306 g/mol. The van der Waals surface area contributed by atoms with Gasteiger partial charge in [0, 0.05) is 18.8 Å². The second kappa shape index (κ2) is 6.60. The Bertz CT molecular complexity index is 698. The number of anilines is 1. The number of nitrogens with one attached hydrogen (secondary N) is 2. The molecular formula is C17H21N5O2. The minimum Gasteiger partial charge on any atom is -0.378 e. The Morgan fingerprint density at radius 2 is 2.21 bits per heavy atom. The lowest BCUT2D eigenvalue weighted by Gasteiger charge is -2.30. The number of rotatable bonds is 4. The quantitative estimate of drug-likeness (QED) is 0.903. The third-order valence-electron chi connectivity index (χ3n) is 4.52. The third kappa shape index (κ3) is 3.56. The summed E-state index contributed by atoms with van der Waals surface area (Å²) in [6.07, 6.45) is 9.68. The molecule has 1 saturated carbocycles. The van der Waals surface area contributed by atoms with Gasteiger partial charge in [-0.2, -0.15) is 5.10 Å². The number of amides is 2. The molecule has 4 rings (SSSR count). The van der Waals surface area contributed by atoms with E-state index in [-0.39, 0.29) is 12.1 Å². The Morgan fingerprint density at radius 3 is 3.00 bits per heavy atom. The van der Waals surface area contributed by atoms with Gasteiger partial charge in [0.15, 0.2) is 5.82 Å². The number of hydrogen-bond acceptors (Lipinski definition) is 4. The molecule has 0 spiro atoms. The minimum atomic E-state index is -0.197. The molecule has 0 aromatic carbocycles. The Balaban J connectivity index is 1.32. The fraction of sp³-hybridized carbons (Fsp3) is 0.471. The fourth-order valence-corrected chi connectivity index (χ4v) is 3.11. The number of urea groups is 1. The van der Waals surface area contributed by atoms with Crippen LogP contribution in [0, 0.1) is 5.92 Å². The van der Waals surface area contributed by atoms with E-state index in [4.69, 9.17) is 4.74 Å². The number of nitrogens with zero attached hydrogens (tertiary/aromatic N) is 3. The van der Waals surface area contributed by atoms with Crippen molar-refractivity contribution < 1.29 is 9.53 Å². The molecule has 3 heterocycles. The summed E-state index contributed by atoms with van der Waals surface area (Å²) in [5, 5.41) is 10.1. The summed E-state index contributed by atoms with van der Waals surface area (Å²) in [4.78, 5) is 16.4. The second-order valence-corrected chi connectivity index (χ2v) is 6.43. The van der Waals surface area contributed by atoms with Gasteiger partial charge in [0.25, 0.3) is 0 Å². The summed E-state index contributed by atoms with van der Waals surface area (Å²) in [6.45, 7) is 0.726. The molecule has 1 aliphatic heterocycles. The molecule has 7 nitrogen and oxygen atoms in total. The van der Waals surface area contributed by atoms with E-state index in [0.717, 1.165) is 19.4 Å². The van der Waals surface area contributed by atoms with Crippen molar-refractivity contribution >= 4 is 11.7 Å². The van der Waals surface area contributed by atoms with E-state index in [1.54, 1.807) is 23.3 Å². The molecule has 2 aliphatic rings. The van der Waals surface area contributed by atoms with Crippen LogP contribution in [0.2, 0.25) is 0 Å². The van der Waals surface area contributed by atoms with Gasteiger partial charge in [-0.15, -0.1) is 0 Å². The Hall–Kier alpha value is -2.41. The monoisotopic (exact) mass is 327 g/mol. The van der Waals surface area contributed by atoms with Gasteiger partial charge in [0.2, 0.25) is 0 Å². The zero-order chi connectivity index (χ0) is 16.4. The number of pyridine rings is 1. The maximum absolute atomic E-state index is 12.2. The highest BCUT2D eigenvalue weighted by Gasteiger charge is 2.36. The van der Waals surface area contributed by atoms with E-state index >= 15 is 0 Å². The molecule has 2 fully saturated rings. The lowest BCUT2D eigenvalue weighted by atomic mass is 10.0. The van der Waals surface area contributed by atoms with Gasteiger partial charge in [-0.05, 0) is 43.7 Å². The standard InChI is InChI=1S/C17H21N5O2/c23-17(20-13-6-8-24-15(9-13)12-4-5-12)21-14-10-19-22(11-14)16-3-1-2-7-18-16/h1-3,7,10-13,15H,4-6,8-9H2,(H2,20,21,23)/t13-,15-/m1/s1. The maximum atomic E-state index is 12.2. The molecule has 1 aliphatic carbocycles. The Labute approximate surface area is 140 Å². The molecule has 7 heteroatoms. The van der Waals surface area contributed by atoms with Crippen LogP contribution < -0.4 is 10.6 Å². The van der Waals surface area contributed by atoms with Crippen LogP contribution in [0.1, 0.15) is 25.7 Å². The van der Waals surface area contributed by atoms with E-state index in [9.17, 15) is 4.79 Å². The molecule has 2 amide bonds. The topological polar surface area (TPSA) is 81.1 Å². The summed E-state index contributed by atoms with van der Waals surface area (Å²) in [7, 11) is 0. The van der Waals surface area contributed by atoms with E-state index in [0.29, 0.717) is 23.5 Å². The van der Waals surface area contributed by atoms with Crippen molar-refractivity contribution in [1.29, 1.82) is 0 Å². The van der Waals surface area contributed by atoms with Crippen LogP contribution in [-0.2, 0) is 4.74 Å². The van der Waals surface area contributed by atoms with Crippen molar-refractivity contribution in [2.45, 2.75) is 37.8 Å². The molecule has 1 saturated heterocycles. The second-order valence-electron chi connectivity index (χ2n) is 6.43. The molecule has 2 aromatic rings. The van der Waals surface area contributed by atoms with Gasteiger partial charge < -0.3 is 15.4 Å². The summed E-state index contributed by atoms with van der Waals surface area (Å²) >= 11 is 0. The van der Waals surface area contributed by atoms with E-state index in [1.807, 2.05) is 18.2 Å². The summed E-state index contributed by atoms with van der Waals surface area (Å²) in [6, 6.07) is 5.58. The van der Waals surface area contributed by atoms with Crippen molar-refractivity contribution in [2.24, 2.45) is 5.92 Å². The van der Waals surface area contributed by atoms with Crippen LogP contribution in [0.3, 0.4) is 0 Å². The van der Waals surface area contributed by atoms with Gasteiger partial charge in [-0.1, -0.05) is 6.07 Å². The highest BCUT2D eigenvalue weighted by molar-refractivity contribution is 5.89. The molecule has 0 bridgehead atoms. The summed E-state index contributed by atoms with van der Waals surface area (Å²) in [5.74, 6) is 1.41. The van der Waals surface area contributed by atoms with Gasteiger partial charge >= 0.3 is 6.03 Å². The summed E-state index contributed by atoms with van der Waals surface area (Å²) in [5.41, 5.74) is 0.643. The largest absolute Gasteiger partial charge is 0.378 e. The highest BCUT2D eigenvalue weighted by atomic mass is 16.5. The minimum absolute atomic E-state index is 0.176. The average molecular weight is 327 g/mol. The number of carbonyl (C=O) groups excluding carboxylic acids is 1. The van der Waals surface area contributed by atoms with Crippen LogP contribution in [-0.4, -0.2) is 39.5 Å². The number of hydrogen-bond donors (Lipinski definition) is 2. The van der Waals surface area contributed by atoms with Crippen LogP contribution >= 0.6 is 0 Å². The van der Waals surface area contributed by atoms with Gasteiger partial charge in [-0.3, -0.25) is 0 Å². The molecule has 2 N–H and O–H groups in total. The first-order valence-corrected chi connectivity index (χ1v) is 8.43. The molecule has 2 atom stereocenters. The Morgan fingerprint density at radius 1 is 1.29 bits per heavy atom. The lowest BCUT2D eigenvalue weighted by molar-refractivity contribution is -0.00889. The zero-order valence-corrected chi connectivity index (χ0v) is 13.4. The first-order valence-electron chi connectivity index (χ1n) is 8.43. The van der Waals surface area contributed by atoms with Gasteiger partial charge in [0.05, 0.1) is 24.2 Å². The molecule has 0 radical (unpaired) electrons. The number of carbonyl (C=O) groups is 1. The van der Waals surface area contributed by atoms with E-state index in [2.05, 4.69) is 20.7 Å². The fourth-order valence-electron chi connectivity index (χ4n) is 3.11. The van der Waals surface area contributed by atoms with Crippen molar-refractivity contribution in [3.63, 3.8) is 0 Å². The predicted octanol–water partition coefficient (Wildman–Crippen LogP) is 2.35. The number of ether oxygens (including phenoxy) is 1. The first kappa shape index (κ1) is 15.1. The first-order chi connectivity index (χ1) is 11.8. The zero-order valence-electron chi connectivity index (χ0n) is 13.4.